The standard InChI is InChI=1S/C19H32F2O3Si/c1-8-22-18-11-17(24-19(20)21)10-9-16(18)12-23-25(13(2)3,14(4)5)15(6)7/h9-11,13-15,19H,8,12H2,1-7H3. The van der Waals surface area contributed by atoms with E-state index in [9.17, 15) is 8.78 Å². The van der Waals surface area contributed by atoms with E-state index >= 15 is 0 Å². The van der Waals surface area contributed by atoms with Crippen LogP contribution in [0.3, 0.4) is 0 Å². The van der Waals surface area contributed by atoms with Crippen molar-refractivity contribution in [1.29, 1.82) is 0 Å². The van der Waals surface area contributed by atoms with E-state index in [0.717, 1.165) is 5.56 Å². The molecule has 1 aromatic rings. The molecule has 0 heterocycles. The van der Waals surface area contributed by atoms with Gasteiger partial charge in [0.1, 0.15) is 11.5 Å². The van der Waals surface area contributed by atoms with Gasteiger partial charge in [0.15, 0.2) is 0 Å². The van der Waals surface area contributed by atoms with Gasteiger partial charge in [-0.3, -0.25) is 0 Å². The summed E-state index contributed by atoms with van der Waals surface area (Å²) in [6.07, 6.45) is 0. The lowest BCUT2D eigenvalue weighted by molar-refractivity contribution is -0.0499. The number of halogens is 2. The van der Waals surface area contributed by atoms with Crippen LogP contribution in [-0.4, -0.2) is 21.5 Å². The second kappa shape index (κ2) is 9.53. The Morgan fingerprint density at radius 2 is 1.52 bits per heavy atom. The molecule has 6 heteroatoms. The van der Waals surface area contributed by atoms with Gasteiger partial charge in [-0.15, -0.1) is 0 Å². The fourth-order valence-electron chi connectivity index (χ4n) is 3.82. The van der Waals surface area contributed by atoms with Crippen molar-refractivity contribution in [3.05, 3.63) is 23.8 Å². The minimum absolute atomic E-state index is 0.0993. The third-order valence-corrected chi connectivity index (χ3v) is 10.8. The zero-order valence-corrected chi connectivity index (χ0v) is 17.4. The minimum Gasteiger partial charge on any atom is -0.493 e. The summed E-state index contributed by atoms with van der Waals surface area (Å²) in [4.78, 5) is 0. The maximum atomic E-state index is 12.4. The van der Waals surface area contributed by atoms with Crippen LogP contribution in [-0.2, 0) is 11.0 Å². The molecule has 1 rings (SSSR count). The van der Waals surface area contributed by atoms with Crippen molar-refractivity contribution in [3.8, 4) is 11.5 Å². The first-order valence-corrected chi connectivity index (χ1v) is 11.1. The Labute approximate surface area is 151 Å². The lowest BCUT2D eigenvalue weighted by Gasteiger charge is -2.42. The predicted octanol–water partition coefficient (Wildman–Crippen LogP) is 6.38. The molecule has 0 unspecified atom stereocenters. The number of ether oxygens (including phenoxy) is 2. The maximum Gasteiger partial charge on any atom is 0.387 e. The van der Waals surface area contributed by atoms with Crippen LogP contribution in [0.2, 0.25) is 16.6 Å². The van der Waals surface area contributed by atoms with Crippen molar-refractivity contribution in [2.45, 2.75) is 78.3 Å². The van der Waals surface area contributed by atoms with E-state index in [4.69, 9.17) is 9.16 Å². The summed E-state index contributed by atoms with van der Waals surface area (Å²) in [6, 6.07) is 4.80. The van der Waals surface area contributed by atoms with Gasteiger partial charge in [0.2, 0.25) is 8.32 Å². The second-order valence-corrected chi connectivity index (χ2v) is 12.6. The Morgan fingerprint density at radius 3 is 1.96 bits per heavy atom. The number of hydrogen-bond acceptors (Lipinski definition) is 3. The van der Waals surface area contributed by atoms with E-state index in [0.29, 0.717) is 35.6 Å². The van der Waals surface area contributed by atoms with Crippen LogP contribution >= 0.6 is 0 Å². The van der Waals surface area contributed by atoms with Crippen LogP contribution in [0, 0.1) is 0 Å². The summed E-state index contributed by atoms with van der Waals surface area (Å²) < 4.78 is 41.5. The van der Waals surface area contributed by atoms with Gasteiger partial charge in [-0.2, -0.15) is 8.78 Å². The summed E-state index contributed by atoms with van der Waals surface area (Å²) in [7, 11) is -2.00. The summed E-state index contributed by atoms with van der Waals surface area (Å²) in [6.45, 7) is 13.3. The molecule has 0 aromatic heterocycles. The summed E-state index contributed by atoms with van der Waals surface area (Å²) in [5.74, 6) is 0.641. The molecule has 1 aromatic carbocycles. The maximum absolute atomic E-state index is 12.4. The molecule has 0 radical (unpaired) electrons. The number of benzene rings is 1. The molecule has 0 aliphatic rings. The zero-order valence-electron chi connectivity index (χ0n) is 16.4. The van der Waals surface area contributed by atoms with E-state index < -0.39 is 14.9 Å². The normalized spacial score (nSPS) is 12.5. The molecule has 0 aliphatic carbocycles. The Bertz CT molecular complexity index is 512. The fraction of sp³-hybridized carbons (Fsp3) is 0.684. The highest BCUT2D eigenvalue weighted by molar-refractivity contribution is 6.77. The molecule has 0 fully saturated rings. The summed E-state index contributed by atoms with van der Waals surface area (Å²) >= 11 is 0. The van der Waals surface area contributed by atoms with Gasteiger partial charge >= 0.3 is 6.61 Å². The molecule has 0 aliphatic heterocycles. The van der Waals surface area contributed by atoms with E-state index in [-0.39, 0.29) is 5.75 Å². The molecule has 0 atom stereocenters. The van der Waals surface area contributed by atoms with Gasteiger partial charge in [-0.25, -0.2) is 0 Å². The van der Waals surface area contributed by atoms with E-state index in [1.807, 2.05) is 6.92 Å². The van der Waals surface area contributed by atoms with Crippen LogP contribution in [0.5, 0.6) is 11.5 Å². The van der Waals surface area contributed by atoms with E-state index in [2.05, 4.69) is 46.3 Å². The van der Waals surface area contributed by atoms with Crippen molar-refractivity contribution in [2.75, 3.05) is 6.61 Å². The minimum atomic E-state index is -2.85. The molecule has 0 saturated heterocycles. The molecule has 3 nitrogen and oxygen atoms in total. The van der Waals surface area contributed by atoms with Crippen LogP contribution in [0.25, 0.3) is 0 Å². The van der Waals surface area contributed by atoms with E-state index in [1.54, 1.807) is 6.07 Å². The third-order valence-electron chi connectivity index (χ3n) is 4.75. The predicted molar refractivity (Wildman–Crippen MR) is 100 cm³/mol. The van der Waals surface area contributed by atoms with Gasteiger partial charge in [0.25, 0.3) is 0 Å². The number of alkyl halides is 2. The second-order valence-electron chi connectivity index (χ2n) is 7.19. The zero-order chi connectivity index (χ0) is 19.2. The molecule has 0 bridgehead atoms. The van der Waals surface area contributed by atoms with Crippen LogP contribution in [0.1, 0.15) is 54.0 Å². The molecule has 0 N–H and O–H groups in total. The van der Waals surface area contributed by atoms with Crippen molar-refractivity contribution < 1.29 is 22.7 Å². The Kier molecular flexibility index (Phi) is 8.34. The summed E-state index contributed by atoms with van der Waals surface area (Å²) in [5.41, 5.74) is 2.29. The number of hydrogen-bond donors (Lipinski definition) is 0. The quantitative estimate of drug-likeness (QED) is 0.445. The molecule has 0 amide bonds. The van der Waals surface area contributed by atoms with Crippen LogP contribution in [0.4, 0.5) is 8.78 Å². The first kappa shape index (κ1) is 21.9. The average molecular weight is 375 g/mol. The highest BCUT2D eigenvalue weighted by Crippen LogP contribution is 2.43. The molecule has 0 saturated carbocycles. The summed E-state index contributed by atoms with van der Waals surface area (Å²) in [5, 5.41) is 0. The monoisotopic (exact) mass is 374 g/mol. The van der Waals surface area contributed by atoms with E-state index in [1.165, 1.54) is 12.1 Å². The van der Waals surface area contributed by atoms with Crippen LogP contribution < -0.4 is 9.47 Å². The van der Waals surface area contributed by atoms with Crippen LogP contribution in [0.15, 0.2) is 18.2 Å². The lowest BCUT2D eigenvalue weighted by atomic mass is 10.2. The van der Waals surface area contributed by atoms with Gasteiger partial charge in [0.05, 0.1) is 13.2 Å². The first-order chi connectivity index (χ1) is 11.6. The molecular weight excluding hydrogens is 342 g/mol. The van der Waals surface area contributed by atoms with Gasteiger partial charge in [-0.1, -0.05) is 41.5 Å². The molecular formula is C19H32F2O3Si. The first-order valence-electron chi connectivity index (χ1n) is 8.99. The van der Waals surface area contributed by atoms with Gasteiger partial charge in [-0.05, 0) is 35.7 Å². The largest absolute Gasteiger partial charge is 0.493 e. The lowest BCUT2D eigenvalue weighted by Crippen LogP contribution is -2.47. The Morgan fingerprint density at radius 1 is 0.960 bits per heavy atom. The van der Waals surface area contributed by atoms with Crippen molar-refractivity contribution in [1.82, 2.24) is 0 Å². The van der Waals surface area contributed by atoms with Crippen molar-refractivity contribution >= 4 is 8.32 Å². The Hall–Kier alpha value is -1.14. The smallest absolute Gasteiger partial charge is 0.387 e. The topological polar surface area (TPSA) is 27.7 Å². The van der Waals surface area contributed by atoms with Crippen molar-refractivity contribution in [2.24, 2.45) is 0 Å². The molecule has 0 spiro atoms. The van der Waals surface area contributed by atoms with Gasteiger partial charge < -0.3 is 13.9 Å². The highest BCUT2D eigenvalue weighted by Gasteiger charge is 2.45. The molecule has 144 valence electrons. The average Bonchev–Trinajstić information content (AvgIpc) is 2.48. The molecule has 25 heavy (non-hydrogen) atoms. The van der Waals surface area contributed by atoms with Gasteiger partial charge in [0, 0.05) is 11.6 Å². The SMILES string of the molecule is CCOc1cc(OC(F)F)ccc1CO[Si](C(C)C)(C(C)C)C(C)C. The highest BCUT2D eigenvalue weighted by atomic mass is 28.4. The fourth-order valence-corrected chi connectivity index (χ4v) is 9.23. The van der Waals surface area contributed by atoms with Crippen molar-refractivity contribution in [3.63, 3.8) is 0 Å². The Balaban J connectivity index is 3.07. The third kappa shape index (κ3) is 5.41. The number of rotatable bonds is 10.